The number of rotatable bonds is 2. The minimum Gasteiger partial charge on any atom is -0.397 e. The molecular formula is C12H12N2O2S. The predicted molar refractivity (Wildman–Crippen MR) is 69.7 cm³/mol. The number of hydrogen-bond acceptors (Lipinski definition) is 3. The lowest BCUT2D eigenvalue weighted by molar-refractivity contribution is 0.564. The molecule has 0 fully saturated rings. The van der Waals surface area contributed by atoms with Gasteiger partial charge in [-0.15, -0.1) is 0 Å². The summed E-state index contributed by atoms with van der Waals surface area (Å²) in [5, 5.41) is 0. The molecule has 0 saturated carbocycles. The lowest BCUT2D eigenvalue weighted by Crippen LogP contribution is -1.99. The molecule has 0 heterocycles. The van der Waals surface area contributed by atoms with Crippen LogP contribution in [0.3, 0.4) is 0 Å². The molecule has 0 aliphatic carbocycles. The summed E-state index contributed by atoms with van der Waals surface area (Å²) >= 11 is -2.05. The highest BCUT2D eigenvalue weighted by atomic mass is 32.2. The highest BCUT2D eigenvalue weighted by molar-refractivity contribution is 7.79. The Morgan fingerprint density at radius 2 is 1.59 bits per heavy atom. The molecule has 0 bridgehead atoms. The van der Waals surface area contributed by atoms with Crippen LogP contribution >= 0.6 is 0 Å². The number of nitrogen functional groups attached to an aromatic ring is 2. The zero-order chi connectivity index (χ0) is 12.4. The van der Waals surface area contributed by atoms with Gasteiger partial charge in [-0.3, -0.25) is 0 Å². The monoisotopic (exact) mass is 248 g/mol. The second kappa shape index (κ2) is 4.57. The van der Waals surface area contributed by atoms with Crippen molar-refractivity contribution < 1.29 is 8.76 Å². The second-order valence-corrected chi connectivity index (χ2v) is 4.49. The van der Waals surface area contributed by atoms with Gasteiger partial charge in [-0.1, -0.05) is 30.3 Å². The first kappa shape index (κ1) is 11.6. The molecule has 0 aliphatic heterocycles. The maximum absolute atomic E-state index is 11.2. The first-order valence-corrected chi connectivity index (χ1v) is 6.06. The van der Waals surface area contributed by atoms with E-state index < -0.39 is 11.1 Å². The van der Waals surface area contributed by atoms with Crippen molar-refractivity contribution in [2.45, 2.75) is 4.90 Å². The van der Waals surface area contributed by atoms with Gasteiger partial charge in [0.1, 0.15) is 0 Å². The third kappa shape index (κ3) is 2.15. The Kier molecular flexibility index (Phi) is 3.12. The van der Waals surface area contributed by atoms with Crippen LogP contribution in [0.1, 0.15) is 0 Å². The van der Waals surface area contributed by atoms with E-state index >= 15 is 0 Å². The molecule has 2 aromatic rings. The molecule has 0 amide bonds. The van der Waals surface area contributed by atoms with E-state index in [1.54, 1.807) is 42.5 Å². The lowest BCUT2D eigenvalue weighted by atomic mass is 10.0. The zero-order valence-electron chi connectivity index (χ0n) is 8.96. The van der Waals surface area contributed by atoms with Gasteiger partial charge >= 0.3 is 0 Å². The van der Waals surface area contributed by atoms with Crippen LogP contribution in [0.5, 0.6) is 0 Å². The van der Waals surface area contributed by atoms with E-state index in [1.807, 2.05) is 0 Å². The zero-order valence-corrected chi connectivity index (χ0v) is 9.78. The molecule has 0 aromatic heterocycles. The molecular weight excluding hydrogens is 236 g/mol. The Morgan fingerprint density at radius 3 is 2.29 bits per heavy atom. The number of nitrogens with two attached hydrogens (primary N) is 2. The molecule has 0 aliphatic rings. The quantitative estimate of drug-likeness (QED) is 0.561. The topological polar surface area (TPSA) is 89.3 Å². The first-order chi connectivity index (χ1) is 8.11. The lowest BCUT2D eigenvalue weighted by Gasteiger charge is -2.10. The second-order valence-electron chi connectivity index (χ2n) is 3.55. The Labute approximate surface area is 102 Å². The van der Waals surface area contributed by atoms with E-state index in [2.05, 4.69) is 0 Å². The van der Waals surface area contributed by atoms with Gasteiger partial charge in [-0.05, 0) is 12.1 Å². The molecule has 2 aromatic carbocycles. The van der Waals surface area contributed by atoms with Crippen LogP contribution in [0.4, 0.5) is 11.4 Å². The van der Waals surface area contributed by atoms with Crippen molar-refractivity contribution in [1.82, 2.24) is 0 Å². The summed E-state index contributed by atoms with van der Waals surface area (Å²) in [4.78, 5) is 0.324. The van der Waals surface area contributed by atoms with Gasteiger partial charge < -0.3 is 16.0 Å². The Balaban J connectivity index is 2.69. The van der Waals surface area contributed by atoms with E-state index in [-0.39, 0.29) is 0 Å². The van der Waals surface area contributed by atoms with Gasteiger partial charge in [0.05, 0.1) is 16.3 Å². The predicted octanol–water partition coefficient (Wildman–Crippen LogP) is 2.10. The maximum Gasteiger partial charge on any atom is 0.187 e. The van der Waals surface area contributed by atoms with Gasteiger partial charge in [0.25, 0.3) is 0 Å². The molecule has 1 unspecified atom stereocenters. The molecule has 88 valence electrons. The van der Waals surface area contributed by atoms with Gasteiger partial charge in [0.15, 0.2) is 11.1 Å². The summed E-state index contributed by atoms with van der Waals surface area (Å²) in [6.45, 7) is 0. The highest BCUT2D eigenvalue weighted by Gasteiger charge is 2.12. The summed E-state index contributed by atoms with van der Waals surface area (Å²) in [6, 6.07) is 12.1. The fourth-order valence-corrected chi connectivity index (χ4v) is 2.22. The number of anilines is 2. The summed E-state index contributed by atoms with van der Waals surface area (Å²) in [7, 11) is 0. The number of hydrogen-bond donors (Lipinski definition) is 3. The van der Waals surface area contributed by atoms with Crippen LogP contribution in [0.25, 0.3) is 11.1 Å². The average molecular weight is 248 g/mol. The average Bonchev–Trinajstić information content (AvgIpc) is 2.33. The molecule has 5 heteroatoms. The van der Waals surface area contributed by atoms with Crippen LogP contribution in [0.2, 0.25) is 0 Å². The Bertz CT molecular complexity index is 584. The van der Waals surface area contributed by atoms with Crippen molar-refractivity contribution >= 4 is 22.5 Å². The van der Waals surface area contributed by atoms with Crippen molar-refractivity contribution in [2.75, 3.05) is 11.5 Å². The Morgan fingerprint density at radius 1 is 0.941 bits per heavy atom. The molecule has 0 radical (unpaired) electrons. The first-order valence-electron chi connectivity index (χ1n) is 4.95. The van der Waals surface area contributed by atoms with Gasteiger partial charge in [-0.2, -0.15) is 0 Å². The van der Waals surface area contributed by atoms with E-state index in [4.69, 9.17) is 11.5 Å². The highest BCUT2D eigenvalue weighted by Crippen LogP contribution is 2.33. The summed E-state index contributed by atoms with van der Waals surface area (Å²) in [6.07, 6.45) is 0. The summed E-state index contributed by atoms with van der Waals surface area (Å²) in [5.41, 5.74) is 13.8. The van der Waals surface area contributed by atoms with Gasteiger partial charge in [0, 0.05) is 11.1 Å². The molecule has 0 spiro atoms. The molecule has 17 heavy (non-hydrogen) atoms. The third-order valence-electron chi connectivity index (χ3n) is 2.51. The molecule has 5 N–H and O–H groups in total. The fourth-order valence-electron chi connectivity index (χ4n) is 1.66. The van der Waals surface area contributed by atoms with Crippen molar-refractivity contribution in [3.63, 3.8) is 0 Å². The van der Waals surface area contributed by atoms with Crippen molar-refractivity contribution in [1.29, 1.82) is 0 Å². The normalized spacial score (nSPS) is 12.3. The minimum absolute atomic E-state index is 0.324. The van der Waals surface area contributed by atoms with E-state index in [0.717, 1.165) is 0 Å². The van der Waals surface area contributed by atoms with Crippen molar-refractivity contribution in [2.24, 2.45) is 0 Å². The number of para-hydroxylation sites is 1. The van der Waals surface area contributed by atoms with E-state index in [9.17, 15) is 8.76 Å². The maximum atomic E-state index is 11.2. The van der Waals surface area contributed by atoms with Crippen LogP contribution in [-0.4, -0.2) is 8.76 Å². The smallest absolute Gasteiger partial charge is 0.187 e. The molecule has 0 saturated heterocycles. The summed E-state index contributed by atoms with van der Waals surface area (Å²) < 4.78 is 20.5. The largest absolute Gasteiger partial charge is 0.397 e. The summed E-state index contributed by atoms with van der Waals surface area (Å²) in [5.74, 6) is 0. The molecule has 1 atom stereocenters. The third-order valence-corrected chi connectivity index (χ3v) is 3.24. The fraction of sp³-hybridized carbons (Fsp3) is 0. The SMILES string of the molecule is Nc1cccc(-c2ccccc2S(=O)O)c1N. The van der Waals surface area contributed by atoms with Crippen molar-refractivity contribution in [3.05, 3.63) is 42.5 Å². The van der Waals surface area contributed by atoms with Crippen LogP contribution in [0.15, 0.2) is 47.4 Å². The van der Waals surface area contributed by atoms with E-state index in [1.165, 1.54) is 0 Å². The van der Waals surface area contributed by atoms with Crippen molar-refractivity contribution in [3.8, 4) is 11.1 Å². The number of benzene rings is 2. The molecule has 4 nitrogen and oxygen atoms in total. The van der Waals surface area contributed by atoms with Gasteiger partial charge in [-0.25, -0.2) is 4.21 Å². The Hall–Kier alpha value is -1.85. The van der Waals surface area contributed by atoms with Crippen LogP contribution in [0, 0.1) is 0 Å². The van der Waals surface area contributed by atoms with Gasteiger partial charge in [0.2, 0.25) is 0 Å². The van der Waals surface area contributed by atoms with Crippen LogP contribution in [-0.2, 0) is 11.1 Å². The standard InChI is InChI=1S/C12H12N2O2S/c13-10-6-3-5-9(12(10)14)8-4-1-2-7-11(8)17(15)16/h1-7H,13-14H2,(H,15,16). The molecule has 2 rings (SSSR count). The van der Waals surface area contributed by atoms with E-state index in [0.29, 0.717) is 27.4 Å². The van der Waals surface area contributed by atoms with Crippen LogP contribution < -0.4 is 11.5 Å². The minimum atomic E-state index is -2.05.